The Hall–Kier alpha value is -2.27. The second kappa shape index (κ2) is 4.93. The van der Waals surface area contributed by atoms with Gasteiger partial charge in [-0.15, -0.1) is 0 Å². The maximum absolute atomic E-state index is 8.83. The van der Waals surface area contributed by atoms with Crippen molar-refractivity contribution in [1.29, 1.82) is 5.26 Å². The molecule has 2 aromatic rings. The first-order valence-electron chi connectivity index (χ1n) is 5.86. The van der Waals surface area contributed by atoms with Gasteiger partial charge in [0.05, 0.1) is 11.6 Å². The van der Waals surface area contributed by atoms with E-state index in [1.54, 1.807) is 6.07 Å². The SMILES string of the molecule is Cc1cc(C#N)ccc1Oc1cccc(C)c1C. The molecule has 2 nitrogen and oxygen atoms in total. The standard InChI is InChI=1S/C16H15NO/c1-11-5-4-6-16(13(11)3)18-15-8-7-14(10-17)9-12(15)2/h4-9H,1-3H3. The van der Waals surface area contributed by atoms with Crippen LogP contribution >= 0.6 is 0 Å². The van der Waals surface area contributed by atoms with E-state index in [0.717, 1.165) is 22.6 Å². The zero-order valence-electron chi connectivity index (χ0n) is 10.8. The fraction of sp³-hybridized carbons (Fsp3) is 0.188. The largest absolute Gasteiger partial charge is 0.457 e. The fourth-order valence-corrected chi connectivity index (χ4v) is 1.79. The zero-order valence-corrected chi connectivity index (χ0v) is 10.8. The van der Waals surface area contributed by atoms with Crippen molar-refractivity contribution in [3.63, 3.8) is 0 Å². The highest BCUT2D eigenvalue weighted by atomic mass is 16.5. The number of rotatable bonds is 2. The van der Waals surface area contributed by atoms with Crippen LogP contribution in [0.3, 0.4) is 0 Å². The van der Waals surface area contributed by atoms with Gasteiger partial charge in [0.15, 0.2) is 0 Å². The second-order valence-electron chi connectivity index (χ2n) is 4.39. The van der Waals surface area contributed by atoms with E-state index in [0.29, 0.717) is 5.56 Å². The highest BCUT2D eigenvalue weighted by molar-refractivity contribution is 5.46. The molecular formula is C16H15NO. The maximum Gasteiger partial charge on any atom is 0.130 e. The van der Waals surface area contributed by atoms with Gasteiger partial charge in [-0.25, -0.2) is 0 Å². The van der Waals surface area contributed by atoms with E-state index >= 15 is 0 Å². The molecule has 0 aliphatic rings. The minimum atomic E-state index is 0.654. The third-order valence-corrected chi connectivity index (χ3v) is 3.08. The first-order chi connectivity index (χ1) is 8.61. The molecule has 0 saturated heterocycles. The normalized spacial score (nSPS) is 9.89. The van der Waals surface area contributed by atoms with Gasteiger partial charge in [0.1, 0.15) is 11.5 Å². The van der Waals surface area contributed by atoms with Crippen LogP contribution in [0.25, 0.3) is 0 Å². The molecule has 0 fully saturated rings. The molecule has 18 heavy (non-hydrogen) atoms. The highest BCUT2D eigenvalue weighted by Crippen LogP contribution is 2.29. The third-order valence-electron chi connectivity index (χ3n) is 3.08. The summed E-state index contributed by atoms with van der Waals surface area (Å²) in [4.78, 5) is 0. The predicted octanol–water partition coefficient (Wildman–Crippen LogP) is 4.28. The molecule has 0 bridgehead atoms. The summed E-state index contributed by atoms with van der Waals surface area (Å²) in [6.45, 7) is 6.05. The molecule has 2 aromatic carbocycles. The van der Waals surface area contributed by atoms with Gasteiger partial charge < -0.3 is 4.74 Å². The number of hydrogen-bond donors (Lipinski definition) is 0. The molecule has 0 atom stereocenters. The first kappa shape index (κ1) is 12.2. The number of aryl methyl sites for hydroxylation is 2. The average molecular weight is 237 g/mol. The summed E-state index contributed by atoms with van der Waals surface area (Å²) < 4.78 is 5.91. The lowest BCUT2D eigenvalue weighted by atomic mass is 10.1. The van der Waals surface area contributed by atoms with Crippen LogP contribution in [-0.4, -0.2) is 0 Å². The van der Waals surface area contributed by atoms with E-state index in [4.69, 9.17) is 10.00 Å². The minimum Gasteiger partial charge on any atom is -0.457 e. The Morgan fingerprint density at radius 1 is 0.944 bits per heavy atom. The Labute approximate surface area is 107 Å². The molecule has 0 heterocycles. The summed E-state index contributed by atoms with van der Waals surface area (Å²) in [6, 6.07) is 13.6. The lowest BCUT2D eigenvalue weighted by Crippen LogP contribution is -1.92. The molecule has 0 aliphatic carbocycles. The van der Waals surface area contributed by atoms with E-state index in [9.17, 15) is 0 Å². The van der Waals surface area contributed by atoms with E-state index in [-0.39, 0.29) is 0 Å². The molecule has 0 amide bonds. The van der Waals surface area contributed by atoms with Gasteiger partial charge in [-0.05, 0) is 61.7 Å². The van der Waals surface area contributed by atoms with Crippen molar-refractivity contribution in [2.45, 2.75) is 20.8 Å². The Morgan fingerprint density at radius 3 is 2.39 bits per heavy atom. The van der Waals surface area contributed by atoms with Crippen LogP contribution in [0.1, 0.15) is 22.3 Å². The molecule has 2 heteroatoms. The Balaban J connectivity index is 2.35. The summed E-state index contributed by atoms with van der Waals surface area (Å²) in [5.41, 5.74) is 3.97. The van der Waals surface area contributed by atoms with Crippen molar-refractivity contribution in [2.24, 2.45) is 0 Å². The van der Waals surface area contributed by atoms with Crippen molar-refractivity contribution in [3.8, 4) is 17.6 Å². The summed E-state index contributed by atoms with van der Waals surface area (Å²) >= 11 is 0. The van der Waals surface area contributed by atoms with Crippen LogP contribution in [0.5, 0.6) is 11.5 Å². The van der Waals surface area contributed by atoms with Gasteiger partial charge >= 0.3 is 0 Å². The Morgan fingerprint density at radius 2 is 1.72 bits per heavy atom. The average Bonchev–Trinajstić information content (AvgIpc) is 2.37. The minimum absolute atomic E-state index is 0.654. The molecule has 0 radical (unpaired) electrons. The molecule has 0 aromatic heterocycles. The number of hydrogen-bond acceptors (Lipinski definition) is 2. The van der Waals surface area contributed by atoms with Gasteiger partial charge in [0.25, 0.3) is 0 Å². The quantitative estimate of drug-likeness (QED) is 0.781. The van der Waals surface area contributed by atoms with Gasteiger partial charge in [0, 0.05) is 0 Å². The van der Waals surface area contributed by atoms with E-state index in [1.165, 1.54) is 5.56 Å². The Kier molecular flexibility index (Phi) is 3.34. The molecular weight excluding hydrogens is 222 g/mol. The van der Waals surface area contributed by atoms with Crippen molar-refractivity contribution >= 4 is 0 Å². The molecule has 0 aliphatic heterocycles. The topological polar surface area (TPSA) is 33.0 Å². The van der Waals surface area contributed by atoms with Crippen LogP contribution in [-0.2, 0) is 0 Å². The maximum atomic E-state index is 8.83. The van der Waals surface area contributed by atoms with Gasteiger partial charge in [-0.3, -0.25) is 0 Å². The van der Waals surface area contributed by atoms with Crippen molar-refractivity contribution < 1.29 is 4.74 Å². The molecule has 0 unspecified atom stereocenters. The summed E-state index contributed by atoms with van der Waals surface area (Å²) in [7, 11) is 0. The number of nitriles is 1. The summed E-state index contributed by atoms with van der Waals surface area (Å²) in [5, 5.41) is 8.83. The Bertz CT molecular complexity index is 623. The number of nitrogens with zero attached hydrogens (tertiary/aromatic N) is 1. The summed E-state index contributed by atoms with van der Waals surface area (Å²) in [6.07, 6.45) is 0. The van der Waals surface area contributed by atoms with Crippen molar-refractivity contribution in [3.05, 3.63) is 58.7 Å². The van der Waals surface area contributed by atoms with Crippen molar-refractivity contribution in [2.75, 3.05) is 0 Å². The van der Waals surface area contributed by atoms with Gasteiger partial charge in [-0.2, -0.15) is 5.26 Å². The van der Waals surface area contributed by atoms with Crippen LogP contribution in [0, 0.1) is 32.1 Å². The second-order valence-corrected chi connectivity index (χ2v) is 4.39. The molecule has 0 spiro atoms. The molecule has 90 valence electrons. The lowest BCUT2D eigenvalue weighted by Gasteiger charge is -2.12. The van der Waals surface area contributed by atoms with Crippen molar-refractivity contribution in [1.82, 2.24) is 0 Å². The van der Waals surface area contributed by atoms with Crippen LogP contribution in [0.4, 0.5) is 0 Å². The van der Waals surface area contributed by atoms with E-state index in [1.807, 2.05) is 38.1 Å². The summed E-state index contributed by atoms with van der Waals surface area (Å²) in [5.74, 6) is 1.66. The first-order valence-corrected chi connectivity index (χ1v) is 5.86. The zero-order chi connectivity index (χ0) is 13.1. The third kappa shape index (κ3) is 2.36. The van der Waals surface area contributed by atoms with Crippen LogP contribution < -0.4 is 4.74 Å². The van der Waals surface area contributed by atoms with Crippen LogP contribution in [0.2, 0.25) is 0 Å². The van der Waals surface area contributed by atoms with Gasteiger partial charge in [0.2, 0.25) is 0 Å². The van der Waals surface area contributed by atoms with Gasteiger partial charge in [-0.1, -0.05) is 12.1 Å². The van der Waals surface area contributed by atoms with E-state index < -0.39 is 0 Å². The molecule has 2 rings (SSSR count). The highest BCUT2D eigenvalue weighted by Gasteiger charge is 2.06. The van der Waals surface area contributed by atoms with Crippen LogP contribution in [0.15, 0.2) is 36.4 Å². The molecule has 0 saturated carbocycles. The lowest BCUT2D eigenvalue weighted by molar-refractivity contribution is 0.474. The number of benzene rings is 2. The molecule has 0 N–H and O–H groups in total. The fourth-order valence-electron chi connectivity index (χ4n) is 1.79. The predicted molar refractivity (Wildman–Crippen MR) is 71.9 cm³/mol. The number of ether oxygens (including phenoxy) is 1. The smallest absolute Gasteiger partial charge is 0.130 e. The van der Waals surface area contributed by atoms with E-state index in [2.05, 4.69) is 19.1 Å². The monoisotopic (exact) mass is 237 g/mol.